The lowest BCUT2D eigenvalue weighted by Gasteiger charge is -2.35. The van der Waals surface area contributed by atoms with Gasteiger partial charge in [0.2, 0.25) is 5.91 Å². The van der Waals surface area contributed by atoms with E-state index >= 15 is 0 Å². The molecular formula is C22H29N5O2. The number of piperazine rings is 1. The third kappa shape index (κ3) is 4.93. The first-order valence-corrected chi connectivity index (χ1v) is 10.3. The van der Waals surface area contributed by atoms with E-state index in [4.69, 9.17) is 10.5 Å². The number of anilines is 2. The van der Waals surface area contributed by atoms with Crippen LogP contribution in [-0.4, -0.2) is 60.7 Å². The van der Waals surface area contributed by atoms with Crippen molar-refractivity contribution in [2.45, 2.75) is 24.9 Å². The normalized spacial score (nSPS) is 19.7. The molecule has 0 unspecified atom stereocenters. The van der Waals surface area contributed by atoms with E-state index in [1.54, 1.807) is 0 Å². The summed E-state index contributed by atoms with van der Waals surface area (Å²) >= 11 is 0. The fraction of sp³-hybridized carbons (Fsp3) is 0.455. The van der Waals surface area contributed by atoms with Crippen molar-refractivity contribution in [1.29, 1.82) is 0 Å². The highest BCUT2D eigenvalue weighted by molar-refractivity contribution is 5.98. The van der Waals surface area contributed by atoms with Crippen molar-refractivity contribution < 1.29 is 9.53 Å². The van der Waals surface area contributed by atoms with Crippen LogP contribution < -0.4 is 16.0 Å². The van der Waals surface area contributed by atoms with Gasteiger partial charge in [-0.3, -0.25) is 9.69 Å². The summed E-state index contributed by atoms with van der Waals surface area (Å²) in [5.74, 6) is 0.925. The van der Waals surface area contributed by atoms with Gasteiger partial charge in [0.25, 0.3) is 0 Å². The van der Waals surface area contributed by atoms with Gasteiger partial charge in [0, 0.05) is 57.8 Å². The van der Waals surface area contributed by atoms with Crippen LogP contribution in [0.5, 0.6) is 0 Å². The van der Waals surface area contributed by atoms with Crippen molar-refractivity contribution in [3.63, 3.8) is 0 Å². The highest BCUT2D eigenvalue weighted by Crippen LogP contribution is 2.21. The molecular weight excluding hydrogens is 366 g/mol. The number of nitrogens with two attached hydrogens (primary N) is 1. The van der Waals surface area contributed by atoms with Gasteiger partial charge in [-0.15, -0.1) is 0 Å². The number of nitrogens with one attached hydrogen (secondary N) is 1. The third-order valence-corrected chi connectivity index (χ3v) is 5.80. The Morgan fingerprint density at radius 2 is 1.79 bits per heavy atom. The van der Waals surface area contributed by atoms with E-state index in [0.29, 0.717) is 26.1 Å². The Balaban J connectivity index is 1.27. The summed E-state index contributed by atoms with van der Waals surface area (Å²) in [5, 5.41) is 2.96. The summed E-state index contributed by atoms with van der Waals surface area (Å²) in [6.45, 7) is 5.95. The third-order valence-electron chi connectivity index (χ3n) is 5.80. The maximum absolute atomic E-state index is 12.5. The number of hydrogen-bond donors (Lipinski definition) is 2. The van der Waals surface area contributed by atoms with Gasteiger partial charge in [-0.25, -0.2) is 4.98 Å². The van der Waals surface area contributed by atoms with Crippen molar-refractivity contribution >= 4 is 17.4 Å². The predicted octanol–water partition coefficient (Wildman–Crippen LogP) is 1.85. The molecule has 1 aromatic carbocycles. The largest absolute Gasteiger partial charge is 0.381 e. The van der Waals surface area contributed by atoms with E-state index in [1.807, 2.05) is 30.5 Å². The Morgan fingerprint density at radius 3 is 2.45 bits per heavy atom. The molecule has 0 saturated carbocycles. The molecule has 0 aliphatic carbocycles. The van der Waals surface area contributed by atoms with Gasteiger partial charge in [-0.2, -0.15) is 0 Å². The second kappa shape index (κ2) is 8.90. The number of ether oxygens (including phenoxy) is 1. The number of rotatable bonds is 5. The molecule has 29 heavy (non-hydrogen) atoms. The average molecular weight is 396 g/mol. The molecule has 7 nitrogen and oxygen atoms in total. The van der Waals surface area contributed by atoms with Gasteiger partial charge in [0.05, 0.1) is 0 Å². The molecule has 1 amide bonds. The lowest BCUT2D eigenvalue weighted by molar-refractivity contribution is -0.124. The van der Waals surface area contributed by atoms with E-state index in [0.717, 1.165) is 44.2 Å². The average Bonchev–Trinajstić information content (AvgIpc) is 2.77. The summed E-state index contributed by atoms with van der Waals surface area (Å²) in [7, 11) is 0. The number of aromatic nitrogens is 1. The smallest absolute Gasteiger partial charge is 0.244 e. The van der Waals surface area contributed by atoms with Crippen molar-refractivity contribution in [2.24, 2.45) is 5.73 Å². The zero-order valence-electron chi connectivity index (χ0n) is 16.7. The summed E-state index contributed by atoms with van der Waals surface area (Å²) in [6, 6.07) is 14.1. The highest BCUT2D eigenvalue weighted by atomic mass is 16.5. The molecule has 0 atom stereocenters. The zero-order valence-corrected chi connectivity index (χ0v) is 16.7. The van der Waals surface area contributed by atoms with Crippen LogP contribution in [0, 0.1) is 0 Å². The molecule has 2 saturated heterocycles. The number of benzene rings is 1. The maximum Gasteiger partial charge on any atom is 0.244 e. The second-order valence-corrected chi connectivity index (χ2v) is 7.87. The van der Waals surface area contributed by atoms with E-state index in [9.17, 15) is 4.79 Å². The van der Waals surface area contributed by atoms with Crippen LogP contribution in [-0.2, 0) is 16.1 Å². The van der Waals surface area contributed by atoms with Crippen LogP contribution in [0.4, 0.5) is 11.5 Å². The SMILES string of the molecule is NC1(C(=O)Nc2ccc(CN3CCN(c4ccccn4)CC3)cc2)CCOCC1. The molecule has 2 aromatic rings. The lowest BCUT2D eigenvalue weighted by atomic mass is 9.90. The first kappa shape index (κ1) is 19.8. The van der Waals surface area contributed by atoms with Gasteiger partial charge in [-0.1, -0.05) is 18.2 Å². The molecule has 3 heterocycles. The van der Waals surface area contributed by atoms with Crippen LogP contribution in [0.1, 0.15) is 18.4 Å². The van der Waals surface area contributed by atoms with Crippen LogP contribution in [0.25, 0.3) is 0 Å². The van der Waals surface area contributed by atoms with Crippen LogP contribution in [0.15, 0.2) is 48.7 Å². The van der Waals surface area contributed by atoms with Gasteiger partial charge >= 0.3 is 0 Å². The quantitative estimate of drug-likeness (QED) is 0.804. The van der Waals surface area contributed by atoms with E-state index in [2.05, 4.69) is 38.3 Å². The Kier molecular flexibility index (Phi) is 6.08. The Labute approximate surface area is 171 Å². The van der Waals surface area contributed by atoms with Crippen LogP contribution in [0.3, 0.4) is 0 Å². The van der Waals surface area contributed by atoms with Gasteiger partial charge in [0.15, 0.2) is 0 Å². The standard InChI is InChI=1S/C22H29N5O2/c23-22(8-15-29-16-9-22)21(28)25-19-6-4-18(5-7-19)17-26-11-13-27(14-12-26)20-3-1-2-10-24-20/h1-7,10H,8-9,11-17,23H2,(H,25,28). The molecule has 1 aromatic heterocycles. The Morgan fingerprint density at radius 1 is 1.07 bits per heavy atom. The molecule has 7 heteroatoms. The van der Waals surface area contributed by atoms with Gasteiger partial charge in [0.1, 0.15) is 11.4 Å². The number of hydrogen-bond acceptors (Lipinski definition) is 6. The number of amides is 1. The number of carbonyl (C=O) groups excluding carboxylic acids is 1. The summed E-state index contributed by atoms with van der Waals surface area (Å²) < 4.78 is 5.31. The fourth-order valence-corrected chi connectivity index (χ4v) is 3.85. The zero-order chi connectivity index (χ0) is 20.1. The number of carbonyl (C=O) groups is 1. The van der Waals surface area contributed by atoms with Crippen molar-refractivity contribution in [3.8, 4) is 0 Å². The molecule has 154 valence electrons. The molecule has 2 fully saturated rings. The predicted molar refractivity (Wildman–Crippen MR) is 114 cm³/mol. The fourth-order valence-electron chi connectivity index (χ4n) is 3.85. The van der Waals surface area contributed by atoms with Gasteiger partial charge < -0.3 is 20.7 Å². The summed E-state index contributed by atoms with van der Waals surface area (Å²) in [5.41, 5.74) is 7.45. The highest BCUT2D eigenvalue weighted by Gasteiger charge is 2.35. The molecule has 2 aliphatic rings. The minimum Gasteiger partial charge on any atom is -0.381 e. The van der Waals surface area contributed by atoms with E-state index in [-0.39, 0.29) is 5.91 Å². The van der Waals surface area contributed by atoms with Crippen molar-refractivity contribution in [3.05, 3.63) is 54.2 Å². The topological polar surface area (TPSA) is 83.7 Å². The number of pyridine rings is 1. The van der Waals surface area contributed by atoms with Crippen molar-refractivity contribution in [1.82, 2.24) is 9.88 Å². The number of nitrogens with zero attached hydrogens (tertiary/aromatic N) is 3. The molecule has 4 rings (SSSR count). The first-order chi connectivity index (χ1) is 14.1. The van der Waals surface area contributed by atoms with E-state index in [1.165, 1.54) is 5.56 Å². The van der Waals surface area contributed by atoms with Crippen LogP contribution in [0.2, 0.25) is 0 Å². The van der Waals surface area contributed by atoms with Crippen molar-refractivity contribution in [2.75, 3.05) is 49.6 Å². The van der Waals surface area contributed by atoms with Crippen LogP contribution >= 0.6 is 0 Å². The van der Waals surface area contributed by atoms with Gasteiger partial charge in [-0.05, 0) is 42.7 Å². The lowest BCUT2D eigenvalue weighted by Crippen LogP contribution is -2.54. The summed E-state index contributed by atoms with van der Waals surface area (Å²) in [4.78, 5) is 21.7. The first-order valence-electron chi connectivity index (χ1n) is 10.3. The maximum atomic E-state index is 12.5. The molecule has 0 radical (unpaired) electrons. The Hall–Kier alpha value is -2.48. The minimum absolute atomic E-state index is 0.126. The molecule has 3 N–H and O–H groups in total. The Bertz CT molecular complexity index is 798. The summed E-state index contributed by atoms with van der Waals surface area (Å²) in [6.07, 6.45) is 2.96. The second-order valence-electron chi connectivity index (χ2n) is 7.87. The molecule has 0 spiro atoms. The molecule has 2 aliphatic heterocycles. The van der Waals surface area contributed by atoms with E-state index < -0.39 is 5.54 Å². The monoisotopic (exact) mass is 395 g/mol. The minimum atomic E-state index is -0.829. The molecule has 0 bridgehead atoms.